The first-order valence-corrected chi connectivity index (χ1v) is 8.22. The lowest BCUT2D eigenvalue weighted by Crippen LogP contribution is -2.56. The Morgan fingerprint density at radius 3 is 2.79 bits per heavy atom. The quantitative estimate of drug-likeness (QED) is 0.896. The van der Waals surface area contributed by atoms with Crippen molar-refractivity contribution in [3.8, 4) is 0 Å². The van der Waals surface area contributed by atoms with Crippen LogP contribution in [0.1, 0.15) is 31.1 Å². The topological polar surface area (TPSA) is 32.5 Å². The summed E-state index contributed by atoms with van der Waals surface area (Å²) < 4.78 is 0. The van der Waals surface area contributed by atoms with Gasteiger partial charge in [-0.25, -0.2) is 0 Å². The molecule has 3 rings (SSSR count). The zero-order valence-corrected chi connectivity index (χ0v) is 12.8. The van der Waals surface area contributed by atoms with Crippen molar-refractivity contribution in [2.45, 2.75) is 50.4 Å². The maximum atomic E-state index is 6.22. The van der Waals surface area contributed by atoms with Gasteiger partial charge in [0.25, 0.3) is 0 Å². The van der Waals surface area contributed by atoms with E-state index in [2.05, 4.69) is 41.3 Å². The van der Waals surface area contributed by atoms with Crippen LogP contribution in [-0.2, 0) is 6.54 Å². The molecule has 1 aromatic rings. The van der Waals surface area contributed by atoms with E-state index in [-0.39, 0.29) is 5.54 Å². The van der Waals surface area contributed by atoms with E-state index in [0.29, 0.717) is 6.04 Å². The maximum Gasteiger partial charge on any atom is 0.0479 e. The summed E-state index contributed by atoms with van der Waals surface area (Å²) in [5.41, 5.74) is 6.42. The molecule has 19 heavy (non-hydrogen) atoms. The Morgan fingerprint density at radius 2 is 2.32 bits per heavy atom. The summed E-state index contributed by atoms with van der Waals surface area (Å²) in [4.78, 5) is 6.66. The van der Waals surface area contributed by atoms with Crippen LogP contribution in [0.15, 0.2) is 17.5 Å². The Balaban J connectivity index is 1.82. The Labute approximate surface area is 120 Å². The van der Waals surface area contributed by atoms with E-state index < -0.39 is 0 Å². The number of hydrogen-bond acceptors (Lipinski definition) is 4. The Bertz CT molecular complexity index is 403. The van der Waals surface area contributed by atoms with Crippen molar-refractivity contribution in [3.05, 3.63) is 22.4 Å². The smallest absolute Gasteiger partial charge is 0.0479 e. The molecule has 2 fully saturated rings. The molecule has 0 amide bonds. The van der Waals surface area contributed by atoms with E-state index in [1.807, 2.05) is 11.3 Å². The first-order chi connectivity index (χ1) is 9.14. The van der Waals surface area contributed by atoms with Crippen LogP contribution in [0.4, 0.5) is 0 Å². The summed E-state index contributed by atoms with van der Waals surface area (Å²) in [6, 6.07) is 5.83. The van der Waals surface area contributed by atoms with Crippen LogP contribution in [0.3, 0.4) is 0 Å². The standard InChI is InChI=1S/C15H25N3S/c1-12-8-15(10-16,11-17(12)2)18(13-5-6-13)9-14-4-3-7-19-14/h3-4,7,12-13H,5-6,8-11,16H2,1-2H3. The van der Waals surface area contributed by atoms with Crippen LogP contribution in [0, 0.1) is 0 Å². The van der Waals surface area contributed by atoms with Gasteiger partial charge >= 0.3 is 0 Å². The second-order valence-corrected chi connectivity index (χ2v) is 7.37. The van der Waals surface area contributed by atoms with Gasteiger partial charge in [0.2, 0.25) is 0 Å². The van der Waals surface area contributed by atoms with Gasteiger partial charge in [-0.1, -0.05) is 6.07 Å². The van der Waals surface area contributed by atoms with Gasteiger partial charge in [0, 0.05) is 42.1 Å². The van der Waals surface area contributed by atoms with E-state index in [0.717, 1.165) is 25.7 Å². The van der Waals surface area contributed by atoms with Crippen LogP contribution in [0.2, 0.25) is 0 Å². The molecular weight excluding hydrogens is 254 g/mol. The molecule has 2 heterocycles. The highest BCUT2D eigenvalue weighted by atomic mass is 32.1. The van der Waals surface area contributed by atoms with Gasteiger partial charge in [0.05, 0.1) is 0 Å². The first kappa shape index (κ1) is 13.6. The lowest BCUT2D eigenvalue weighted by molar-refractivity contribution is 0.0850. The van der Waals surface area contributed by atoms with Crippen LogP contribution < -0.4 is 5.73 Å². The first-order valence-electron chi connectivity index (χ1n) is 7.34. The minimum Gasteiger partial charge on any atom is -0.329 e. The van der Waals surface area contributed by atoms with E-state index in [9.17, 15) is 0 Å². The van der Waals surface area contributed by atoms with Crippen LogP contribution in [0.5, 0.6) is 0 Å². The van der Waals surface area contributed by atoms with Crippen molar-refractivity contribution in [2.24, 2.45) is 5.73 Å². The van der Waals surface area contributed by atoms with Crippen molar-refractivity contribution in [1.82, 2.24) is 9.80 Å². The molecular formula is C15H25N3S. The minimum absolute atomic E-state index is 0.194. The van der Waals surface area contributed by atoms with Crippen molar-refractivity contribution < 1.29 is 0 Å². The fourth-order valence-corrected chi connectivity index (χ4v) is 4.21. The molecule has 1 aliphatic carbocycles. The lowest BCUT2D eigenvalue weighted by atomic mass is 9.93. The summed E-state index contributed by atoms with van der Waals surface area (Å²) in [5.74, 6) is 0. The van der Waals surface area contributed by atoms with E-state index in [4.69, 9.17) is 5.73 Å². The largest absolute Gasteiger partial charge is 0.329 e. The number of likely N-dealkylation sites (tertiary alicyclic amines) is 1. The second kappa shape index (κ2) is 5.17. The molecule has 2 unspecified atom stereocenters. The number of hydrogen-bond donors (Lipinski definition) is 1. The number of nitrogens with two attached hydrogens (primary N) is 1. The third kappa shape index (κ3) is 2.59. The number of thiophene rings is 1. The lowest BCUT2D eigenvalue weighted by Gasteiger charge is -2.40. The van der Waals surface area contributed by atoms with Gasteiger partial charge in [-0.05, 0) is 44.7 Å². The molecule has 1 saturated heterocycles. The maximum absolute atomic E-state index is 6.22. The van der Waals surface area contributed by atoms with Crippen molar-refractivity contribution in [3.63, 3.8) is 0 Å². The molecule has 2 N–H and O–H groups in total. The summed E-state index contributed by atoms with van der Waals surface area (Å²) in [7, 11) is 2.23. The fraction of sp³-hybridized carbons (Fsp3) is 0.733. The molecule has 4 heteroatoms. The van der Waals surface area contributed by atoms with Gasteiger partial charge in [0.1, 0.15) is 0 Å². The zero-order valence-electron chi connectivity index (χ0n) is 12.0. The Kier molecular flexibility index (Phi) is 3.69. The van der Waals surface area contributed by atoms with E-state index >= 15 is 0 Å². The van der Waals surface area contributed by atoms with Crippen molar-refractivity contribution in [2.75, 3.05) is 20.1 Å². The van der Waals surface area contributed by atoms with Crippen molar-refractivity contribution >= 4 is 11.3 Å². The van der Waals surface area contributed by atoms with Gasteiger partial charge in [0.15, 0.2) is 0 Å². The van der Waals surface area contributed by atoms with Crippen LogP contribution in [0.25, 0.3) is 0 Å². The molecule has 3 nitrogen and oxygen atoms in total. The number of likely N-dealkylation sites (N-methyl/N-ethyl adjacent to an activating group) is 1. The second-order valence-electron chi connectivity index (χ2n) is 6.34. The van der Waals surface area contributed by atoms with E-state index in [1.165, 1.54) is 24.1 Å². The zero-order chi connectivity index (χ0) is 13.5. The Hall–Kier alpha value is -0.420. The number of rotatable bonds is 5. The van der Waals surface area contributed by atoms with Gasteiger partial charge < -0.3 is 10.6 Å². The SMILES string of the molecule is CC1CC(CN)(N(Cc2cccs2)C2CC2)CN1C. The fourth-order valence-electron chi connectivity index (χ4n) is 3.50. The van der Waals surface area contributed by atoms with Gasteiger partial charge in [-0.15, -0.1) is 11.3 Å². The third-order valence-electron chi connectivity index (χ3n) is 4.85. The summed E-state index contributed by atoms with van der Waals surface area (Å²) in [6.45, 7) is 5.31. The molecule has 1 aromatic heterocycles. The normalized spacial score (nSPS) is 32.3. The predicted molar refractivity (Wildman–Crippen MR) is 81.4 cm³/mol. The van der Waals surface area contributed by atoms with Gasteiger partial charge in [-0.2, -0.15) is 0 Å². The average molecular weight is 279 g/mol. The van der Waals surface area contributed by atoms with E-state index in [1.54, 1.807) is 0 Å². The summed E-state index contributed by atoms with van der Waals surface area (Å²) in [5, 5.41) is 2.18. The van der Waals surface area contributed by atoms with Crippen LogP contribution >= 0.6 is 11.3 Å². The molecule has 0 bridgehead atoms. The summed E-state index contributed by atoms with van der Waals surface area (Å²) in [6.07, 6.45) is 3.91. The average Bonchev–Trinajstić information content (AvgIpc) is 3.02. The molecule has 1 aliphatic heterocycles. The summed E-state index contributed by atoms with van der Waals surface area (Å²) >= 11 is 1.87. The molecule has 1 saturated carbocycles. The van der Waals surface area contributed by atoms with Gasteiger partial charge in [-0.3, -0.25) is 4.90 Å². The molecule has 0 spiro atoms. The van der Waals surface area contributed by atoms with Crippen LogP contribution in [-0.4, -0.2) is 47.6 Å². The molecule has 2 aliphatic rings. The molecule has 106 valence electrons. The Morgan fingerprint density at radius 1 is 1.53 bits per heavy atom. The molecule has 0 aromatic carbocycles. The predicted octanol–water partition coefficient (Wildman–Crippen LogP) is 2.13. The number of nitrogens with zero attached hydrogens (tertiary/aromatic N) is 2. The highest BCUT2D eigenvalue weighted by molar-refractivity contribution is 7.09. The minimum atomic E-state index is 0.194. The highest BCUT2D eigenvalue weighted by Crippen LogP contribution is 2.40. The molecule has 0 radical (unpaired) electrons. The van der Waals surface area contributed by atoms with Crippen molar-refractivity contribution in [1.29, 1.82) is 0 Å². The monoisotopic (exact) mass is 279 g/mol. The third-order valence-corrected chi connectivity index (χ3v) is 5.72. The highest BCUT2D eigenvalue weighted by Gasteiger charge is 2.48. The molecule has 2 atom stereocenters.